The van der Waals surface area contributed by atoms with Crippen molar-refractivity contribution >= 4 is 11.3 Å². The number of hydrogen-bond acceptors (Lipinski definition) is 3. The molecule has 15 heavy (non-hydrogen) atoms. The van der Waals surface area contributed by atoms with E-state index in [1.807, 2.05) is 5.51 Å². The first-order valence-corrected chi connectivity index (χ1v) is 6.51. The van der Waals surface area contributed by atoms with Crippen LogP contribution in [0.25, 0.3) is 0 Å². The predicted molar refractivity (Wildman–Crippen MR) is 65.2 cm³/mol. The first kappa shape index (κ1) is 12.7. The summed E-state index contributed by atoms with van der Waals surface area (Å²) in [5.74, 6) is 1.12. The van der Waals surface area contributed by atoms with Gasteiger partial charge in [0.15, 0.2) is 0 Å². The zero-order valence-electron chi connectivity index (χ0n) is 9.86. The van der Waals surface area contributed by atoms with E-state index in [4.69, 9.17) is 0 Å². The minimum atomic E-state index is 0.316. The molecule has 0 aliphatic rings. The van der Waals surface area contributed by atoms with E-state index in [9.17, 15) is 5.11 Å². The summed E-state index contributed by atoms with van der Waals surface area (Å²) in [6, 6.07) is 0. The molecule has 0 aliphatic carbocycles. The lowest BCUT2D eigenvalue weighted by molar-refractivity contribution is 0.198. The maximum absolute atomic E-state index is 9.26. The van der Waals surface area contributed by atoms with Crippen molar-refractivity contribution in [2.45, 2.75) is 40.0 Å². The molecule has 0 fully saturated rings. The number of aromatic nitrogens is 1. The predicted octanol–water partition coefficient (Wildman–Crippen LogP) is 3.04. The van der Waals surface area contributed by atoms with Crippen LogP contribution in [0.2, 0.25) is 0 Å². The molecular formula is C12H21NOS. The Bertz CT molecular complexity index is 283. The Hall–Kier alpha value is -0.410. The van der Waals surface area contributed by atoms with E-state index in [1.54, 1.807) is 11.3 Å². The van der Waals surface area contributed by atoms with Crippen molar-refractivity contribution in [1.29, 1.82) is 0 Å². The van der Waals surface area contributed by atoms with Crippen LogP contribution >= 0.6 is 11.3 Å². The van der Waals surface area contributed by atoms with Gasteiger partial charge in [0.05, 0.1) is 11.2 Å². The lowest BCUT2D eigenvalue weighted by Crippen LogP contribution is -2.10. The molecule has 1 N–H and O–H groups in total. The molecule has 0 saturated heterocycles. The quantitative estimate of drug-likeness (QED) is 0.810. The van der Waals surface area contributed by atoms with E-state index < -0.39 is 0 Å². The van der Waals surface area contributed by atoms with Gasteiger partial charge in [0.1, 0.15) is 0 Å². The van der Waals surface area contributed by atoms with Gasteiger partial charge in [-0.3, -0.25) is 0 Å². The fourth-order valence-corrected chi connectivity index (χ4v) is 2.65. The summed E-state index contributed by atoms with van der Waals surface area (Å²) in [5.41, 5.74) is 3.06. The Morgan fingerprint density at radius 3 is 2.67 bits per heavy atom. The highest BCUT2D eigenvalue weighted by atomic mass is 32.1. The fourth-order valence-electron chi connectivity index (χ4n) is 1.85. The SMILES string of the molecule is Cc1ncsc1CCC(CO)CC(C)C. The van der Waals surface area contributed by atoms with E-state index in [1.165, 1.54) is 4.88 Å². The molecular weight excluding hydrogens is 206 g/mol. The average Bonchev–Trinajstić information content (AvgIpc) is 2.58. The zero-order valence-corrected chi connectivity index (χ0v) is 10.7. The number of rotatable bonds is 6. The highest BCUT2D eigenvalue weighted by molar-refractivity contribution is 7.09. The van der Waals surface area contributed by atoms with E-state index in [0.29, 0.717) is 18.4 Å². The number of hydrogen-bond donors (Lipinski definition) is 1. The van der Waals surface area contributed by atoms with Crippen LogP contribution in [-0.2, 0) is 6.42 Å². The summed E-state index contributed by atoms with van der Waals surface area (Å²) in [7, 11) is 0. The van der Waals surface area contributed by atoms with Gasteiger partial charge in [-0.05, 0) is 38.0 Å². The Kier molecular flexibility index (Phi) is 5.26. The molecule has 1 atom stereocenters. The van der Waals surface area contributed by atoms with E-state index >= 15 is 0 Å². The first-order chi connectivity index (χ1) is 7.13. The molecule has 0 radical (unpaired) electrons. The van der Waals surface area contributed by atoms with E-state index in [-0.39, 0.29) is 0 Å². The largest absolute Gasteiger partial charge is 0.396 e. The minimum absolute atomic E-state index is 0.316. The molecule has 1 aromatic rings. The second-order valence-corrected chi connectivity index (χ2v) is 5.52. The molecule has 0 spiro atoms. The maximum Gasteiger partial charge on any atom is 0.0797 e. The fraction of sp³-hybridized carbons (Fsp3) is 0.750. The van der Waals surface area contributed by atoms with Gasteiger partial charge in [-0.25, -0.2) is 4.98 Å². The third-order valence-corrected chi connectivity index (χ3v) is 3.68. The highest BCUT2D eigenvalue weighted by Crippen LogP contribution is 2.20. The topological polar surface area (TPSA) is 33.1 Å². The lowest BCUT2D eigenvalue weighted by atomic mass is 9.93. The molecule has 0 bridgehead atoms. The van der Waals surface area contributed by atoms with Gasteiger partial charge in [0.2, 0.25) is 0 Å². The van der Waals surface area contributed by atoms with Gasteiger partial charge in [-0.15, -0.1) is 11.3 Å². The smallest absolute Gasteiger partial charge is 0.0797 e. The molecule has 0 aromatic carbocycles. The zero-order chi connectivity index (χ0) is 11.3. The molecule has 1 aromatic heterocycles. The molecule has 2 nitrogen and oxygen atoms in total. The van der Waals surface area contributed by atoms with Crippen LogP contribution in [0.15, 0.2) is 5.51 Å². The minimum Gasteiger partial charge on any atom is -0.396 e. The Morgan fingerprint density at radius 1 is 1.47 bits per heavy atom. The molecule has 3 heteroatoms. The monoisotopic (exact) mass is 227 g/mol. The van der Waals surface area contributed by atoms with Gasteiger partial charge in [-0.2, -0.15) is 0 Å². The van der Waals surface area contributed by atoms with Crippen molar-refractivity contribution in [2.75, 3.05) is 6.61 Å². The Morgan fingerprint density at radius 2 is 2.20 bits per heavy atom. The van der Waals surface area contributed by atoms with Crippen LogP contribution in [0.5, 0.6) is 0 Å². The lowest BCUT2D eigenvalue weighted by Gasteiger charge is -2.15. The summed E-state index contributed by atoms with van der Waals surface area (Å²) in [4.78, 5) is 5.61. The van der Waals surface area contributed by atoms with Crippen molar-refractivity contribution in [3.8, 4) is 0 Å². The second kappa shape index (κ2) is 6.23. The number of nitrogens with zero attached hydrogens (tertiary/aromatic N) is 1. The summed E-state index contributed by atoms with van der Waals surface area (Å²) in [6.07, 6.45) is 3.26. The van der Waals surface area contributed by atoms with Crippen LogP contribution in [0.3, 0.4) is 0 Å². The van der Waals surface area contributed by atoms with Crippen LogP contribution in [0.1, 0.15) is 37.3 Å². The first-order valence-electron chi connectivity index (χ1n) is 5.63. The van der Waals surface area contributed by atoms with Crippen molar-refractivity contribution in [3.63, 3.8) is 0 Å². The van der Waals surface area contributed by atoms with Gasteiger partial charge < -0.3 is 5.11 Å². The summed E-state index contributed by atoms with van der Waals surface area (Å²) < 4.78 is 0. The van der Waals surface area contributed by atoms with Crippen molar-refractivity contribution in [3.05, 3.63) is 16.1 Å². The summed E-state index contributed by atoms with van der Waals surface area (Å²) >= 11 is 1.73. The van der Waals surface area contributed by atoms with E-state index in [2.05, 4.69) is 25.8 Å². The van der Waals surface area contributed by atoms with Crippen LogP contribution < -0.4 is 0 Å². The Balaban J connectivity index is 2.37. The average molecular weight is 227 g/mol. The normalized spacial score (nSPS) is 13.4. The number of aryl methyl sites for hydroxylation is 2. The van der Waals surface area contributed by atoms with Gasteiger partial charge >= 0.3 is 0 Å². The van der Waals surface area contributed by atoms with Gasteiger partial charge in [0, 0.05) is 11.5 Å². The van der Waals surface area contributed by atoms with Crippen LogP contribution in [0, 0.1) is 18.8 Å². The number of aliphatic hydroxyl groups is 1. The molecule has 1 unspecified atom stereocenters. The van der Waals surface area contributed by atoms with E-state index in [0.717, 1.165) is 25.0 Å². The highest BCUT2D eigenvalue weighted by Gasteiger charge is 2.11. The molecule has 86 valence electrons. The molecule has 1 heterocycles. The van der Waals surface area contributed by atoms with Gasteiger partial charge in [-0.1, -0.05) is 13.8 Å². The number of aliphatic hydroxyl groups excluding tert-OH is 1. The molecule has 0 aliphatic heterocycles. The van der Waals surface area contributed by atoms with Gasteiger partial charge in [0.25, 0.3) is 0 Å². The standard InChI is InChI=1S/C12H21NOS/c1-9(2)6-11(7-14)4-5-12-10(3)13-8-15-12/h8-9,11,14H,4-7H2,1-3H3. The molecule has 0 saturated carbocycles. The summed E-state index contributed by atoms with van der Waals surface area (Å²) in [6.45, 7) is 6.79. The van der Waals surface area contributed by atoms with Crippen LogP contribution in [-0.4, -0.2) is 16.7 Å². The second-order valence-electron chi connectivity index (χ2n) is 4.58. The molecule has 1 rings (SSSR count). The Labute approximate surface area is 96.4 Å². The molecule has 0 amide bonds. The van der Waals surface area contributed by atoms with Crippen LogP contribution in [0.4, 0.5) is 0 Å². The third-order valence-electron chi connectivity index (χ3n) is 2.69. The van der Waals surface area contributed by atoms with Crippen molar-refractivity contribution < 1.29 is 5.11 Å². The van der Waals surface area contributed by atoms with Crippen molar-refractivity contribution in [2.24, 2.45) is 11.8 Å². The third kappa shape index (κ3) is 4.31. The summed E-state index contributed by atoms with van der Waals surface area (Å²) in [5, 5.41) is 9.26. The van der Waals surface area contributed by atoms with Crippen molar-refractivity contribution in [1.82, 2.24) is 4.98 Å². The maximum atomic E-state index is 9.26. The number of thiazole rings is 1.